The number of morpholine rings is 1. The van der Waals surface area contributed by atoms with E-state index in [0.717, 1.165) is 29.9 Å². The summed E-state index contributed by atoms with van der Waals surface area (Å²) < 4.78 is 7.12. The third kappa shape index (κ3) is 2.91. The highest BCUT2D eigenvalue weighted by Crippen LogP contribution is 2.23. The van der Waals surface area contributed by atoms with Gasteiger partial charge in [-0.1, -0.05) is 0 Å². The van der Waals surface area contributed by atoms with Crippen LogP contribution < -0.4 is 10.2 Å². The Morgan fingerprint density at radius 1 is 1.33 bits per heavy atom. The Morgan fingerprint density at radius 2 is 2.14 bits per heavy atom. The molecule has 3 heterocycles. The monoisotopic (exact) mass is 292 g/mol. The predicted octanol–water partition coefficient (Wildman–Crippen LogP) is -0.00580. The second-order valence-corrected chi connectivity index (χ2v) is 4.98. The lowest BCUT2D eigenvalue weighted by Gasteiger charge is -2.27. The molecule has 0 amide bonds. The molecule has 1 fully saturated rings. The maximum atomic E-state index is 8.91. The van der Waals surface area contributed by atoms with Gasteiger partial charge in [-0.25, -0.2) is 0 Å². The van der Waals surface area contributed by atoms with E-state index in [1.807, 2.05) is 7.05 Å². The van der Waals surface area contributed by atoms with E-state index in [1.54, 1.807) is 10.9 Å². The average molecular weight is 292 g/mol. The minimum atomic E-state index is 0.157. The van der Waals surface area contributed by atoms with Crippen molar-refractivity contribution in [3.05, 3.63) is 6.20 Å². The largest absolute Gasteiger partial charge is 0.396 e. The number of rotatable bonds is 5. The highest BCUT2D eigenvalue weighted by atomic mass is 16.5. The van der Waals surface area contributed by atoms with Crippen molar-refractivity contribution in [1.29, 1.82) is 0 Å². The van der Waals surface area contributed by atoms with Gasteiger partial charge in [-0.3, -0.25) is 4.68 Å². The molecule has 0 spiro atoms. The van der Waals surface area contributed by atoms with Gasteiger partial charge < -0.3 is 20.1 Å². The lowest BCUT2D eigenvalue weighted by Crippen LogP contribution is -2.37. The molecule has 8 heteroatoms. The van der Waals surface area contributed by atoms with Gasteiger partial charge in [0, 0.05) is 33.3 Å². The Hall–Kier alpha value is -1.93. The molecule has 1 saturated heterocycles. The number of aliphatic hydroxyl groups is 1. The van der Waals surface area contributed by atoms with Crippen LogP contribution in [0.25, 0.3) is 11.0 Å². The van der Waals surface area contributed by atoms with E-state index in [2.05, 4.69) is 25.3 Å². The number of nitrogens with zero attached hydrogens (tertiary/aromatic N) is 5. The first-order valence-electron chi connectivity index (χ1n) is 7.17. The summed E-state index contributed by atoms with van der Waals surface area (Å²) in [5.41, 5.74) is 0.804. The van der Waals surface area contributed by atoms with Crippen LogP contribution >= 0.6 is 0 Å². The normalized spacial score (nSPS) is 15.6. The van der Waals surface area contributed by atoms with Crippen LogP contribution in [0.5, 0.6) is 0 Å². The summed E-state index contributed by atoms with van der Waals surface area (Å²) in [4.78, 5) is 11.4. The quantitative estimate of drug-likeness (QED) is 0.750. The van der Waals surface area contributed by atoms with Crippen LogP contribution in [-0.2, 0) is 11.8 Å². The molecular weight excluding hydrogens is 272 g/mol. The number of aliphatic hydroxyl groups excluding tert-OH is 1. The van der Waals surface area contributed by atoms with E-state index in [9.17, 15) is 0 Å². The maximum absolute atomic E-state index is 8.91. The fourth-order valence-electron chi connectivity index (χ4n) is 2.34. The second-order valence-electron chi connectivity index (χ2n) is 4.98. The molecule has 0 bridgehead atoms. The van der Waals surface area contributed by atoms with Crippen LogP contribution in [0, 0.1) is 0 Å². The number of aryl methyl sites for hydroxylation is 1. The fourth-order valence-corrected chi connectivity index (χ4v) is 2.34. The minimum Gasteiger partial charge on any atom is -0.396 e. The summed E-state index contributed by atoms with van der Waals surface area (Å²) in [6.07, 6.45) is 2.44. The first-order valence-corrected chi connectivity index (χ1v) is 7.17. The summed E-state index contributed by atoms with van der Waals surface area (Å²) in [6.45, 7) is 3.80. The minimum absolute atomic E-state index is 0.157. The smallest absolute Gasteiger partial charge is 0.229 e. The molecular formula is C13H20N6O2. The van der Waals surface area contributed by atoms with Gasteiger partial charge >= 0.3 is 0 Å². The lowest BCUT2D eigenvalue weighted by atomic mass is 10.3. The SMILES string of the molecule is Cn1ncc2c(NCCCO)nc(N3CCOCC3)nc21. The average Bonchev–Trinajstić information content (AvgIpc) is 2.90. The molecule has 0 saturated carbocycles. The van der Waals surface area contributed by atoms with Crippen molar-refractivity contribution < 1.29 is 9.84 Å². The Bertz CT molecular complexity index is 608. The van der Waals surface area contributed by atoms with Crippen molar-refractivity contribution in [2.24, 2.45) is 7.05 Å². The number of fused-ring (bicyclic) bond motifs is 1. The highest BCUT2D eigenvalue weighted by molar-refractivity contribution is 5.87. The summed E-state index contributed by atoms with van der Waals surface area (Å²) in [7, 11) is 1.87. The maximum Gasteiger partial charge on any atom is 0.229 e. The molecule has 2 N–H and O–H groups in total. The van der Waals surface area contributed by atoms with Crippen LogP contribution in [0.1, 0.15) is 6.42 Å². The van der Waals surface area contributed by atoms with Gasteiger partial charge in [0.05, 0.1) is 24.8 Å². The molecule has 0 radical (unpaired) electrons. The van der Waals surface area contributed by atoms with Gasteiger partial charge in [0.15, 0.2) is 5.65 Å². The van der Waals surface area contributed by atoms with E-state index in [0.29, 0.717) is 32.1 Å². The van der Waals surface area contributed by atoms with E-state index < -0.39 is 0 Å². The first-order chi connectivity index (χ1) is 10.3. The molecule has 0 atom stereocenters. The van der Waals surface area contributed by atoms with E-state index in [1.165, 1.54) is 0 Å². The zero-order chi connectivity index (χ0) is 14.7. The molecule has 114 valence electrons. The van der Waals surface area contributed by atoms with Gasteiger partial charge in [0.25, 0.3) is 0 Å². The third-order valence-corrected chi connectivity index (χ3v) is 3.50. The van der Waals surface area contributed by atoms with E-state index in [-0.39, 0.29) is 6.61 Å². The molecule has 8 nitrogen and oxygen atoms in total. The Morgan fingerprint density at radius 3 is 2.90 bits per heavy atom. The summed E-state index contributed by atoms with van der Waals surface area (Å²) >= 11 is 0. The van der Waals surface area contributed by atoms with Crippen molar-refractivity contribution in [1.82, 2.24) is 19.7 Å². The molecule has 21 heavy (non-hydrogen) atoms. The molecule has 1 aliphatic heterocycles. The zero-order valence-electron chi connectivity index (χ0n) is 12.1. The highest BCUT2D eigenvalue weighted by Gasteiger charge is 2.18. The zero-order valence-corrected chi connectivity index (χ0v) is 12.1. The number of hydrogen-bond donors (Lipinski definition) is 2. The Labute approximate surface area is 122 Å². The molecule has 0 unspecified atom stereocenters. The molecule has 2 aromatic heterocycles. The van der Waals surface area contributed by atoms with Gasteiger partial charge in [0.2, 0.25) is 5.95 Å². The Balaban J connectivity index is 1.94. The summed E-state index contributed by atoms with van der Waals surface area (Å²) in [6, 6.07) is 0. The number of nitrogens with one attached hydrogen (secondary N) is 1. The number of anilines is 2. The first kappa shape index (κ1) is 14.0. The summed E-state index contributed by atoms with van der Waals surface area (Å²) in [5.74, 6) is 1.46. The van der Waals surface area contributed by atoms with E-state index in [4.69, 9.17) is 9.84 Å². The standard InChI is InChI=1S/C13H20N6O2/c1-18-12-10(9-15-18)11(14-3-2-6-20)16-13(17-12)19-4-7-21-8-5-19/h9,20H,2-8H2,1H3,(H,14,16,17). The van der Waals surface area contributed by atoms with Crippen LogP contribution in [0.3, 0.4) is 0 Å². The van der Waals surface area contributed by atoms with Crippen molar-refractivity contribution in [3.8, 4) is 0 Å². The molecule has 1 aliphatic rings. The third-order valence-electron chi connectivity index (χ3n) is 3.50. The molecule has 0 aromatic carbocycles. The Kier molecular flexibility index (Phi) is 4.16. The molecule has 2 aromatic rings. The number of hydrogen-bond acceptors (Lipinski definition) is 7. The van der Waals surface area contributed by atoms with E-state index >= 15 is 0 Å². The molecule has 0 aliphatic carbocycles. The second kappa shape index (κ2) is 6.23. The predicted molar refractivity (Wildman–Crippen MR) is 79.5 cm³/mol. The van der Waals surface area contributed by atoms with Crippen molar-refractivity contribution in [2.45, 2.75) is 6.42 Å². The van der Waals surface area contributed by atoms with Crippen LogP contribution in [0.4, 0.5) is 11.8 Å². The molecule has 3 rings (SSSR count). The van der Waals surface area contributed by atoms with Gasteiger partial charge in [-0.05, 0) is 6.42 Å². The summed E-state index contributed by atoms with van der Waals surface area (Å²) in [5, 5.41) is 17.3. The van der Waals surface area contributed by atoms with Crippen molar-refractivity contribution in [3.63, 3.8) is 0 Å². The van der Waals surface area contributed by atoms with Gasteiger partial charge in [-0.2, -0.15) is 15.1 Å². The number of ether oxygens (including phenoxy) is 1. The van der Waals surface area contributed by atoms with Crippen molar-refractivity contribution >= 4 is 22.8 Å². The fraction of sp³-hybridized carbons (Fsp3) is 0.615. The lowest BCUT2D eigenvalue weighted by molar-refractivity contribution is 0.122. The topological polar surface area (TPSA) is 88.3 Å². The van der Waals surface area contributed by atoms with Crippen molar-refractivity contribution in [2.75, 3.05) is 49.7 Å². The van der Waals surface area contributed by atoms with Crippen LogP contribution in [0.15, 0.2) is 6.20 Å². The van der Waals surface area contributed by atoms with Crippen LogP contribution in [0.2, 0.25) is 0 Å². The van der Waals surface area contributed by atoms with Crippen LogP contribution in [-0.4, -0.2) is 64.3 Å². The van der Waals surface area contributed by atoms with Gasteiger partial charge in [0.1, 0.15) is 5.82 Å². The van der Waals surface area contributed by atoms with Gasteiger partial charge in [-0.15, -0.1) is 0 Å². The number of aromatic nitrogens is 4.